The van der Waals surface area contributed by atoms with E-state index in [1.165, 1.54) is 11.8 Å². The fraction of sp³-hybridized carbons (Fsp3) is 0.316. The van der Waals surface area contributed by atoms with Crippen LogP contribution in [0, 0.1) is 5.92 Å². The molecule has 0 radical (unpaired) electrons. The summed E-state index contributed by atoms with van der Waals surface area (Å²) in [6.45, 7) is 4.97. The second-order valence-electron chi connectivity index (χ2n) is 6.65. The van der Waals surface area contributed by atoms with E-state index in [1.54, 1.807) is 12.1 Å². The average molecular weight is 423 g/mol. The van der Waals surface area contributed by atoms with Crippen LogP contribution in [0.1, 0.15) is 24.3 Å². The van der Waals surface area contributed by atoms with Crippen LogP contribution >= 0.6 is 35.0 Å². The molecular weight excluding hydrogens is 403 g/mol. The van der Waals surface area contributed by atoms with E-state index in [0.717, 1.165) is 12.1 Å². The minimum absolute atomic E-state index is 0.0534. The van der Waals surface area contributed by atoms with E-state index in [2.05, 4.69) is 24.0 Å². The van der Waals surface area contributed by atoms with Gasteiger partial charge < -0.3 is 9.13 Å². The summed E-state index contributed by atoms with van der Waals surface area (Å²) in [4.78, 5) is 12.5. The zero-order valence-electron chi connectivity index (χ0n) is 15.3. The van der Waals surface area contributed by atoms with Gasteiger partial charge in [0, 0.05) is 30.4 Å². The van der Waals surface area contributed by atoms with Crippen molar-refractivity contribution >= 4 is 40.7 Å². The zero-order chi connectivity index (χ0) is 19.6. The first-order valence-electron chi connectivity index (χ1n) is 8.52. The van der Waals surface area contributed by atoms with Crippen molar-refractivity contribution in [2.45, 2.75) is 25.5 Å². The Morgan fingerprint density at radius 3 is 2.63 bits per heavy atom. The van der Waals surface area contributed by atoms with E-state index < -0.39 is 0 Å². The summed E-state index contributed by atoms with van der Waals surface area (Å²) in [6.07, 6.45) is 1.86. The topological polar surface area (TPSA) is 52.7 Å². The van der Waals surface area contributed by atoms with Crippen LogP contribution in [0.2, 0.25) is 10.0 Å². The minimum Gasteiger partial charge on any atom is -0.348 e. The van der Waals surface area contributed by atoms with Gasteiger partial charge in [-0.15, -0.1) is 10.2 Å². The molecule has 5 nitrogen and oxygen atoms in total. The number of thioether (sulfide) groups is 1. The maximum absolute atomic E-state index is 12.5. The molecule has 0 N–H and O–H groups in total. The Balaban J connectivity index is 1.88. The van der Waals surface area contributed by atoms with E-state index in [0.29, 0.717) is 38.4 Å². The van der Waals surface area contributed by atoms with Crippen molar-refractivity contribution in [3.63, 3.8) is 0 Å². The maximum atomic E-state index is 12.5. The van der Waals surface area contributed by atoms with Crippen LogP contribution in [0.15, 0.2) is 41.7 Å². The summed E-state index contributed by atoms with van der Waals surface area (Å²) in [6, 6.07) is 9.00. The van der Waals surface area contributed by atoms with Crippen molar-refractivity contribution in [1.82, 2.24) is 19.3 Å². The maximum Gasteiger partial charge on any atom is 0.191 e. The van der Waals surface area contributed by atoms with Crippen molar-refractivity contribution in [3.05, 3.63) is 52.3 Å². The number of aryl methyl sites for hydroxylation is 1. The van der Waals surface area contributed by atoms with Crippen LogP contribution in [0.3, 0.4) is 0 Å². The largest absolute Gasteiger partial charge is 0.348 e. The van der Waals surface area contributed by atoms with E-state index >= 15 is 0 Å². The highest BCUT2D eigenvalue weighted by atomic mass is 35.5. The van der Waals surface area contributed by atoms with Gasteiger partial charge in [-0.25, -0.2) is 0 Å². The Labute approximate surface area is 172 Å². The second kappa shape index (κ2) is 8.50. The van der Waals surface area contributed by atoms with Crippen LogP contribution in [0.5, 0.6) is 0 Å². The predicted molar refractivity (Wildman–Crippen MR) is 111 cm³/mol. The molecule has 3 rings (SSSR count). The number of hydrogen-bond acceptors (Lipinski definition) is 4. The molecule has 0 fully saturated rings. The highest BCUT2D eigenvalue weighted by molar-refractivity contribution is 7.99. The number of nitrogens with zero attached hydrogens (tertiary/aromatic N) is 4. The average Bonchev–Trinajstić information content (AvgIpc) is 3.19. The molecule has 0 unspecified atom stereocenters. The van der Waals surface area contributed by atoms with Crippen LogP contribution in [-0.2, 0) is 13.6 Å². The molecule has 8 heteroatoms. The number of hydrogen-bond donors (Lipinski definition) is 0. The Kier molecular flexibility index (Phi) is 6.29. The SMILES string of the molecule is CC(C)Cn1c(SCC(=O)c2cccn2C)nnc1-c1ccc(Cl)cc1Cl. The van der Waals surface area contributed by atoms with Gasteiger partial charge in [-0.3, -0.25) is 4.79 Å². The number of benzene rings is 1. The number of Topliss-reactive ketones (excluding diaryl/α,β-unsaturated/α-hetero) is 1. The first-order valence-corrected chi connectivity index (χ1v) is 10.3. The third kappa shape index (κ3) is 4.57. The van der Waals surface area contributed by atoms with E-state index in [-0.39, 0.29) is 5.78 Å². The number of carbonyl (C=O) groups is 1. The molecule has 27 heavy (non-hydrogen) atoms. The Hall–Kier alpha value is -1.76. The lowest BCUT2D eigenvalue weighted by Crippen LogP contribution is -2.11. The van der Waals surface area contributed by atoms with Crippen LogP contribution < -0.4 is 0 Å². The monoisotopic (exact) mass is 422 g/mol. The molecule has 0 aliphatic carbocycles. The third-order valence-corrected chi connectivity index (χ3v) is 5.51. The van der Waals surface area contributed by atoms with Crippen LogP contribution in [0.4, 0.5) is 0 Å². The molecule has 0 bridgehead atoms. The fourth-order valence-electron chi connectivity index (χ4n) is 2.75. The molecule has 2 heterocycles. The van der Waals surface area contributed by atoms with Gasteiger partial charge >= 0.3 is 0 Å². The molecule has 1 aromatic carbocycles. The Bertz CT molecular complexity index is 965. The first-order chi connectivity index (χ1) is 12.9. The summed E-state index contributed by atoms with van der Waals surface area (Å²) in [5.74, 6) is 1.41. The van der Waals surface area contributed by atoms with Crippen molar-refractivity contribution < 1.29 is 4.79 Å². The molecule has 0 saturated heterocycles. The molecule has 0 aliphatic rings. The van der Waals surface area contributed by atoms with E-state index in [4.69, 9.17) is 23.2 Å². The number of aromatic nitrogens is 4. The Morgan fingerprint density at radius 2 is 2.00 bits per heavy atom. The smallest absolute Gasteiger partial charge is 0.191 e. The lowest BCUT2D eigenvalue weighted by Gasteiger charge is -2.13. The Morgan fingerprint density at radius 1 is 1.22 bits per heavy atom. The lowest BCUT2D eigenvalue weighted by molar-refractivity contribution is 0.101. The highest BCUT2D eigenvalue weighted by Gasteiger charge is 2.19. The number of carbonyl (C=O) groups excluding carboxylic acids is 1. The summed E-state index contributed by atoms with van der Waals surface area (Å²) < 4.78 is 3.84. The van der Waals surface area contributed by atoms with Crippen molar-refractivity contribution in [2.75, 3.05) is 5.75 Å². The molecule has 142 valence electrons. The number of rotatable bonds is 7. The molecule has 0 atom stereocenters. The fourth-order valence-corrected chi connectivity index (χ4v) is 4.07. The second-order valence-corrected chi connectivity index (χ2v) is 8.44. The van der Waals surface area contributed by atoms with Crippen molar-refractivity contribution in [3.8, 4) is 11.4 Å². The van der Waals surface area contributed by atoms with Gasteiger partial charge in [-0.1, -0.05) is 48.8 Å². The van der Waals surface area contributed by atoms with Gasteiger partial charge in [0.1, 0.15) is 0 Å². The molecule has 3 aromatic rings. The first kappa shape index (κ1) is 20.0. The van der Waals surface area contributed by atoms with Crippen LogP contribution in [-0.4, -0.2) is 30.9 Å². The number of halogens is 2. The van der Waals surface area contributed by atoms with Gasteiger partial charge in [-0.05, 0) is 36.2 Å². The number of ketones is 1. The van der Waals surface area contributed by atoms with E-state index in [9.17, 15) is 4.79 Å². The van der Waals surface area contributed by atoms with E-state index in [1.807, 2.05) is 40.6 Å². The van der Waals surface area contributed by atoms with Gasteiger partial charge in [0.2, 0.25) is 0 Å². The summed E-state index contributed by atoms with van der Waals surface area (Å²) in [7, 11) is 1.86. The standard InChI is InChI=1S/C19H20Cl2N4OS/c1-12(2)10-25-18(14-7-6-13(20)9-15(14)21)22-23-19(25)27-11-17(26)16-5-4-8-24(16)3/h4-9,12H,10-11H2,1-3H3. The molecule has 0 amide bonds. The quantitative estimate of drug-likeness (QED) is 0.386. The normalized spacial score (nSPS) is 11.3. The zero-order valence-corrected chi connectivity index (χ0v) is 17.6. The van der Waals surface area contributed by atoms with Crippen molar-refractivity contribution in [2.24, 2.45) is 13.0 Å². The highest BCUT2D eigenvalue weighted by Crippen LogP contribution is 2.32. The molecule has 2 aromatic heterocycles. The lowest BCUT2D eigenvalue weighted by atomic mass is 10.2. The summed E-state index contributed by atoms with van der Waals surface area (Å²) >= 11 is 13.8. The van der Waals surface area contributed by atoms with Gasteiger partial charge in [0.25, 0.3) is 0 Å². The minimum atomic E-state index is 0.0534. The van der Waals surface area contributed by atoms with Crippen LogP contribution in [0.25, 0.3) is 11.4 Å². The predicted octanol–water partition coefficient (Wildman–Crippen LogP) is 5.22. The third-order valence-electron chi connectivity index (χ3n) is 4.00. The van der Waals surface area contributed by atoms with Gasteiger partial charge in [0.15, 0.2) is 16.8 Å². The molecule has 0 aliphatic heterocycles. The molecule has 0 saturated carbocycles. The molecule has 0 spiro atoms. The van der Waals surface area contributed by atoms with Gasteiger partial charge in [0.05, 0.1) is 16.5 Å². The molecular formula is C19H20Cl2N4OS. The summed E-state index contributed by atoms with van der Waals surface area (Å²) in [5, 5.41) is 10.4. The summed E-state index contributed by atoms with van der Waals surface area (Å²) in [5.41, 5.74) is 1.45. The van der Waals surface area contributed by atoms with Gasteiger partial charge in [-0.2, -0.15) is 0 Å². The van der Waals surface area contributed by atoms with Crippen molar-refractivity contribution in [1.29, 1.82) is 0 Å².